The molecule has 1 atom stereocenters. The topological polar surface area (TPSA) is 83.8 Å². The maximum absolute atomic E-state index is 12.0. The highest BCUT2D eigenvalue weighted by Gasteiger charge is 2.14. The number of ether oxygens (including phenoxy) is 1. The molecule has 0 saturated carbocycles. The van der Waals surface area contributed by atoms with E-state index in [1.807, 2.05) is 0 Å². The SMILES string of the molecule is CCCCCCCCCCCC(O)CC(=O)OC(=CC(=O)O)CCCCCCC. The van der Waals surface area contributed by atoms with E-state index in [0.717, 1.165) is 51.0 Å². The molecule has 0 fully saturated rings. The van der Waals surface area contributed by atoms with E-state index in [2.05, 4.69) is 13.8 Å². The van der Waals surface area contributed by atoms with Gasteiger partial charge in [-0.2, -0.15) is 0 Å². The monoisotopic (exact) mass is 412 g/mol. The summed E-state index contributed by atoms with van der Waals surface area (Å²) in [7, 11) is 0. The average molecular weight is 413 g/mol. The second kappa shape index (κ2) is 19.9. The van der Waals surface area contributed by atoms with Gasteiger partial charge in [-0.25, -0.2) is 4.79 Å². The summed E-state index contributed by atoms with van der Waals surface area (Å²) in [5.74, 6) is -1.47. The number of hydrogen-bond acceptors (Lipinski definition) is 4. The summed E-state index contributed by atoms with van der Waals surface area (Å²) in [5.41, 5.74) is 0. The molecule has 0 spiro atoms. The Morgan fingerprint density at radius 3 is 1.79 bits per heavy atom. The number of unbranched alkanes of at least 4 members (excludes halogenated alkanes) is 12. The first kappa shape index (κ1) is 27.6. The molecular weight excluding hydrogens is 368 g/mol. The van der Waals surface area contributed by atoms with E-state index < -0.39 is 18.0 Å². The van der Waals surface area contributed by atoms with E-state index in [1.54, 1.807) is 0 Å². The normalized spacial score (nSPS) is 12.7. The van der Waals surface area contributed by atoms with Crippen LogP contribution in [0.1, 0.15) is 123 Å². The van der Waals surface area contributed by atoms with Gasteiger partial charge >= 0.3 is 11.9 Å². The Morgan fingerprint density at radius 2 is 1.28 bits per heavy atom. The predicted molar refractivity (Wildman–Crippen MR) is 118 cm³/mol. The van der Waals surface area contributed by atoms with Crippen LogP contribution >= 0.6 is 0 Å². The number of carboxylic acids is 1. The van der Waals surface area contributed by atoms with Crippen LogP contribution < -0.4 is 0 Å². The van der Waals surface area contributed by atoms with E-state index in [0.29, 0.717) is 12.8 Å². The van der Waals surface area contributed by atoms with Crippen LogP contribution in [-0.2, 0) is 14.3 Å². The number of carbonyl (C=O) groups is 2. The number of carbonyl (C=O) groups excluding carboxylic acids is 1. The Hall–Kier alpha value is -1.36. The summed E-state index contributed by atoms with van der Waals surface area (Å²) >= 11 is 0. The number of rotatable bonds is 20. The predicted octanol–water partition coefficient (Wildman–Crippen LogP) is 6.53. The molecule has 1 unspecified atom stereocenters. The maximum Gasteiger partial charge on any atom is 0.331 e. The van der Waals surface area contributed by atoms with Crippen LogP contribution in [0.2, 0.25) is 0 Å². The first-order valence-electron chi connectivity index (χ1n) is 11.8. The number of allylic oxidation sites excluding steroid dienone is 1. The average Bonchev–Trinajstić information content (AvgIpc) is 2.65. The van der Waals surface area contributed by atoms with Crippen molar-refractivity contribution in [3.05, 3.63) is 11.8 Å². The Labute approximate surface area is 177 Å². The van der Waals surface area contributed by atoms with Gasteiger partial charge in [0.25, 0.3) is 0 Å². The number of carboxylic acid groups (broad SMARTS) is 1. The summed E-state index contributed by atoms with van der Waals surface area (Å²) in [4.78, 5) is 23.0. The van der Waals surface area contributed by atoms with Gasteiger partial charge in [0.15, 0.2) is 0 Å². The molecule has 0 aromatic rings. The quantitative estimate of drug-likeness (QED) is 0.103. The fourth-order valence-electron chi connectivity index (χ4n) is 3.37. The molecule has 5 nitrogen and oxygen atoms in total. The lowest BCUT2D eigenvalue weighted by Crippen LogP contribution is -2.16. The van der Waals surface area contributed by atoms with E-state index in [-0.39, 0.29) is 12.2 Å². The Kier molecular flexibility index (Phi) is 19.0. The molecule has 0 aliphatic heterocycles. The highest BCUT2D eigenvalue weighted by Crippen LogP contribution is 2.16. The zero-order valence-electron chi connectivity index (χ0n) is 18.8. The first-order valence-corrected chi connectivity index (χ1v) is 11.8. The van der Waals surface area contributed by atoms with Crippen molar-refractivity contribution in [3.8, 4) is 0 Å². The zero-order valence-corrected chi connectivity index (χ0v) is 18.8. The van der Waals surface area contributed by atoms with Gasteiger partial charge in [-0.15, -0.1) is 0 Å². The molecule has 0 bridgehead atoms. The van der Waals surface area contributed by atoms with E-state index in [1.165, 1.54) is 44.9 Å². The van der Waals surface area contributed by atoms with Crippen molar-refractivity contribution < 1.29 is 24.5 Å². The van der Waals surface area contributed by atoms with Crippen LogP contribution in [0, 0.1) is 0 Å². The standard InChI is InChI=1S/C24H44O5/c1-3-5-7-9-10-11-12-14-15-17-21(25)19-24(28)29-22(20-23(26)27)18-16-13-8-6-4-2/h20-21,25H,3-19H2,1-2H3,(H,26,27). The zero-order chi connectivity index (χ0) is 21.7. The van der Waals surface area contributed by atoms with Gasteiger partial charge in [0.2, 0.25) is 0 Å². The molecule has 29 heavy (non-hydrogen) atoms. The molecule has 0 aliphatic rings. The summed E-state index contributed by atoms with van der Waals surface area (Å²) in [6, 6.07) is 0. The molecule has 0 aromatic carbocycles. The number of esters is 1. The molecule has 2 N–H and O–H groups in total. The van der Waals surface area contributed by atoms with Gasteiger partial charge in [-0.05, 0) is 12.8 Å². The molecule has 5 heteroatoms. The number of aliphatic carboxylic acids is 1. The van der Waals surface area contributed by atoms with Crippen LogP contribution in [0.3, 0.4) is 0 Å². The molecule has 0 heterocycles. The lowest BCUT2D eigenvalue weighted by molar-refractivity contribution is -0.142. The molecular formula is C24H44O5. The smallest absolute Gasteiger partial charge is 0.331 e. The van der Waals surface area contributed by atoms with Crippen molar-refractivity contribution >= 4 is 11.9 Å². The van der Waals surface area contributed by atoms with Crippen molar-refractivity contribution in [1.82, 2.24) is 0 Å². The third-order valence-electron chi connectivity index (χ3n) is 5.10. The Balaban J connectivity index is 3.94. The lowest BCUT2D eigenvalue weighted by atomic mass is 10.0. The van der Waals surface area contributed by atoms with Crippen LogP contribution in [-0.4, -0.2) is 28.3 Å². The lowest BCUT2D eigenvalue weighted by Gasteiger charge is -2.12. The summed E-state index contributed by atoms with van der Waals surface area (Å²) in [6.07, 6.45) is 17.3. The van der Waals surface area contributed by atoms with Gasteiger partial charge in [0.1, 0.15) is 5.76 Å². The second-order valence-electron chi connectivity index (χ2n) is 8.06. The second-order valence-corrected chi connectivity index (χ2v) is 8.06. The highest BCUT2D eigenvalue weighted by molar-refractivity contribution is 5.81. The summed E-state index contributed by atoms with van der Waals surface area (Å²) in [6.45, 7) is 4.36. The molecule has 0 amide bonds. The first-order chi connectivity index (χ1) is 14.0. The van der Waals surface area contributed by atoms with Crippen molar-refractivity contribution in [2.75, 3.05) is 0 Å². The summed E-state index contributed by atoms with van der Waals surface area (Å²) < 4.78 is 5.21. The minimum atomic E-state index is -1.11. The molecule has 0 radical (unpaired) electrons. The van der Waals surface area contributed by atoms with Crippen LogP contribution in [0.4, 0.5) is 0 Å². The van der Waals surface area contributed by atoms with Crippen molar-refractivity contribution in [1.29, 1.82) is 0 Å². The Bertz CT molecular complexity index is 445. The van der Waals surface area contributed by atoms with Crippen molar-refractivity contribution in [2.45, 2.75) is 129 Å². The molecule has 0 aromatic heterocycles. The van der Waals surface area contributed by atoms with Crippen LogP contribution in [0.5, 0.6) is 0 Å². The highest BCUT2D eigenvalue weighted by atomic mass is 16.5. The minimum Gasteiger partial charge on any atom is -0.478 e. The van der Waals surface area contributed by atoms with Crippen molar-refractivity contribution in [2.24, 2.45) is 0 Å². The van der Waals surface area contributed by atoms with Crippen LogP contribution in [0.25, 0.3) is 0 Å². The van der Waals surface area contributed by atoms with E-state index in [9.17, 15) is 14.7 Å². The van der Waals surface area contributed by atoms with Gasteiger partial charge in [0, 0.05) is 6.42 Å². The number of aliphatic hydroxyl groups is 1. The summed E-state index contributed by atoms with van der Waals surface area (Å²) in [5, 5.41) is 19.0. The van der Waals surface area contributed by atoms with E-state index in [4.69, 9.17) is 9.84 Å². The Morgan fingerprint density at radius 1 is 0.793 bits per heavy atom. The molecule has 170 valence electrons. The third kappa shape index (κ3) is 19.7. The largest absolute Gasteiger partial charge is 0.478 e. The fourth-order valence-corrected chi connectivity index (χ4v) is 3.37. The molecule has 0 aliphatic carbocycles. The van der Waals surface area contributed by atoms with Crippen LogP contribution in [0.15, 0.2) is 11.8 Å². The van der Waals surface area contributed by atoms with Gasteiger partial charge in [0.05, 0.1) is 18.6 Å². The molecule has 0 rings (SSSR count). The fraction of sp³-hybridized carbons (Fsp3) is 0.833. The van der Waals surface area contributed by atoms with Crippen molar-refractivity contribution in [3.63, 3.8) is 0 Å². The third-order valence-corrected chi connectivity index (χ3v) is 5.10. The van der Waals surface area contributed by atoms with Gasteiger partial charge in [-0.3, -0.25) is 4.79 Å². The number of hydrogen-bond donors (Lipinski definition) is 2. The minimum absolute atomic E-state index is 0.0796. The molecule has 0 saturated heterocycles. The van der Waals surface area contributed by atoms with E-state index >= 15 is 0 Å². The van der Waals surface area contributed by atoms with Gasteiger partial charge < -0.3 is 14.9 Å². The van der Waals surface area contributed by atoms with Gasteiger partial charge in [-0.1, -0.05) is 97.3 Å². The number of aliphatic hydroxyl groups excluding tert-OH is 1. The maximum atomic E-state index is 12.0.